The van der Waals surface area contributed by atoms with Crippen LogP contribution in [0.3, 0.4) is 0 Å². The van der Waals surface area contributed by atoms with Gasteiger partial charge in [-0.1, -0.05) is 6.92 Å². The molecule has 2 aliphatic rings. The third kappa shape index (κ3) is 3.64. The predicted molar refractivity (Wildman–Crippen MR) is 90.6 cm³/mol. The van der Waals surface area contributed by atoms with Crippen molar-refractivity contribution in [3.8, 4) is 0 Å². The van der Waals surface area contributed by atoms with Gasteiger partial charge < -0.3 is 14.7 Å². The summed E-state index contributed by atoms with van der Waals surface area (Å²) in [5.74, 6) is 0.747. The Bertz CT molecular complexity index is 537. The second-order valence-corrected chi connectivity index (χ2v) is 6.87. The molecule has 0 aliphatic carbocycles. The molecule has 3 rings (SSSR count). The van der Waals surface area contributed by atoms with Crippen molar-refractivity contribution in [3.05, 3.63) is 18.0 Å². The second kappa shape index (κ2) is 8.12. The minimum Gasteiger partial charge on any atom is -0.394 e. The maximum Gasteiger partial charge on any atom is 0.228 e. The van der Waals surface area contributed by atoms with E-state index in [-0.39, 0.29) is 24.5 Å². The van der Waals surface area contributed by atoms with E-state index in [1.165, 1.54) is 5.69 Å². The van der Waals surface area contributed by atoms with Crippen LogP contribution < -0.4 is 0 Å². The molecule has 2 saturated heterocycles. The second-order valence-electron chi connectivity index (χ2n) is 6.87. The normalized spacial score (nSPS) is 25.8. The maximum atomic E-state index is 12.9. The number of rotatable bonds is 5. The minimum atomic E-state index is 0.0419. The van der Waals surface area contributed by atoms with Gasteiger partial charge in [-0.15, -0.1) is 0 Å². The Labute approximate surface area is 143 Å². The largest absolute Gasteiger partial charge is 0.394 e. The van der Waals surface area contributed by atoms with Gasteiger partial charge in [0.05, 0.1) is 25.2 Å². The van der Waals surface area contributed by atoms with E-state index >= 15 is 0 Å². The highest BCUT2D eigenvalue weighted by Crippen LogP contribution is 2.31. The Balaban J connectivity index is 1.58. The SMILES string of the molecule is CC[C@H]1OCCC[C@H]1C(=O)N1CCC(c2ccnn2CCO)CC1. The fourth-order valence-electron chi connectivity index (χ4n) is 4.13. The summed E-state index contributed by atoms with van der Waals surface area (Å²) in [5.41, 5.74) is 1.18. The molecule has 134 valence electrons. The Morgan fingerprint density at radius 2 is 2.17 bits per heavy atom. The lowest BCUT2D eigenvalue weighted by Gasteiger charge is -2.38. The van der Waals surface area contributed by atoms with Crippen LogP contribution in [0.1, 0.15) is 50.6 Å². The van der Waals surface area contributed by atoms with Crippen LogP contribution in [-0.4, -0.2) is 58.1 Å². The molecule has 0 spiro atoms. The highest BCUT2D eigenvalue weighted by Gasteiger charge is 2.35. The van der Waals surface area contributed by atoms with Gasteiger partial charge in [-0.25, -0.2) is 0 Å². The Kier molecular flexibility index (Phi) is 5.89. The molecule has 6 nitrogen and oxygen atoms in total. The molecular formula is C18H29N3O3. The molecule has 2 aliphatic heterocycles. The molecule has 1 aromatic rings. The smallest absolute Gasteiger partial charge is 0.228 e. The zero-order valence-electron chi connectivity index (χ0n) is 14.6. The first kappa shape index (κ1) is 17.4. The quantitative estimate of drug-likeness (QED) is 0.891. The molecule has 0 aromatic carbocycles. The van der Waals surface area contributed by atoms with Gasteiger partial charge in [0.1, 0.15) is 0 Å². The number of amides is 1. The molecule has 2 fully saturated rings. The Morgan fingerprint density at radius 1 is 1.38 bits per heavy atom. The maximum absolute atomic E-state index is 12.9. The lowest BCUT2D eigenvalue weighted by molar-refractivity contribution is -0.146. The van der Waals surface area contributed by atoms with Crippen LogP contribution >= 0.6 is 0 Å². The lowest BCUT2D eigenvalue weighted by atomic mass is 9.88. The molecule has 1 aromatic heterocycles. The van der Waals surface area contributed by atoms with Gasteiger partial charge >= 0.3 is 0 Å². The summed E-state index contributed by atoms with van der Waals surface area (Å²) < 4.78 is 7.68. The molecule has 6 heteroatoms. The molecule has 0 saturated carbocycles. The van der Waals surface area contributed by atoms with Crippen LogP contribution in [0.15, 0.2) is 12.3 Å². The fourth-order valence-corrected chi connectivity index (χ4v) is 4.13. The van der Waals surface area contributed by atoms with Gasteiger partial charge in [0.15, 0.2) is 0 Å². The number of aromatic nitrogens is 2. The number of nitrogens with zero attached hydrogens (tertiary/aromatic N) is 3. The number of ether oxygens (including phenoxy) is 1. The van der Waals surface area contributed by atoms with Crippen LogP contribution in [0, 0.1) is 5.92 Å². The van der Waals surface area contributed by atoms with Crippen LogP contribution in [0.5, 0.6) is 0 Å². The number of hydrogen-bond donors (Lipinski definition) is 1. The van der Waals surface area contributed by atoms with Gasteiger partial charge in [-0.2, -0.15) is 5.10 Å². The van der Waals surface area contributed by atoms with Gasteiger partial charge in [0.2, 0.25) is 5.91 Å². The summed E-state index contributed by atoms with van der Waals surface area (Å²) >= 11 is 0. The van der Waals surface area contributed by atoms with Crippen molar-refractivity contribution in [1.82, 2.24) is 14.7 Å². The van der Waals surface area contributed by atoms with Crippen molar-refractivity contribution in [2.24, 2.45) is 5.92 Å². The predicted octanol–water partition coefficient (Wildman–Crippen LogP) is 1.79. The van der Waals surface area contributed by atoms with E-state index in [0.29, 0.717) is 12.5 Å². The number of likely N-dealkylation sites (tertiary alicyclic amines) is 1. The Hall–Kier alpha value is -1.40. The highest BCUT2D eigenvalue weighted by molar-refractivity contribution is 5.79. The van der Waals surface area contributed by atoms with Crippen molar-refractivity contribution < 1.29 is 14.6 Å². The Morgan fingerprint density at radius 3 is 2.88 bits per heavy atom. The van der Waals surface area contributed by atoms with Crippen LogP contribution in [-0.2, 0) is 16.1 Å². The number of aliphatic hydroxyl groups excluding tert-OH is 1. The molecule has 0 radical (unpaired) electrons. The molecule has 1 N–H and O–H groups in total. The highest BCUT2D eigenvalue weighted by atomic mass is 16.5. The zero-order chi connectivity index (χ0) is 16.9. The van der Waals surface area contributed by atoms with E-state index in [1.54, 1.807) is 6.20 Å². The third-order valence-corrected chi connectivity index (χ3v) is 5.45. The zero-order valence-corrected chi connectivity index (χ0v) is 14.6. The van der Waals surface area contributed by atoms with E-state index in [1.807, 2.05) is 15.6 Å². The number of hydrogen-bond acceptors (Lipinski definition) is 4. The summed E-state index contributed by atoms with van der Waals surface area (Å²) in [7, 11) is 0. The fraction of sp³-hybridized carbons (Fsp3) is 0.778. The van der Waals surface area contributed by atoms with E-state index in [2.05, 4.69) is 12.0 Å². The average Bonchev–Trinajstić information content (AvgIpc) is 3.10. The molecule has 24 heavy (non-hydrogen) atoms. The number of aliphatic hydroxyl groups is 1. The van der Waals surface area contributed by atoms with E-state index in [9.17, 15) is 4.79 Å². The summed E-state index contributed by atoms with van der Waals surface area (Å²) in [6.07, 6.45) is 6.68. The van der Waals surface area contributed by atoms with Gasteiger partial charge in [0, 0.05) is 37.5 Å². The van der Waals surface area contributed by atoms with Crippen molar-refractivity contribution in [1.29, 1.82) is 0 Å². The van der Waals surface area contributed by atoms with Gasteiger partial charge in [-0.05, 0) is 38.2 Å². The monoisotopic (exact) mass is 335 g/mol. The molecule has 1 amide bonds. The number of carbonyl (C=O) groups excluding carboxylic acids is 1. The molecule has 0 bridgehead atoms. The molecule has 0 unspecified atom stereocenters. The van der Waals surface area contributed by atoms with Crippen LogP contribution in [0.4, 0.5) is 0 Å². The molecular weight excluding hydrogens is 306 g/mol. The van der Waals surface area contributed by atoms with Crippen molar-refractivity contribution >= 4 is 5.91 Å². The first-order chi connectivity index (χ1) is 11.7. The van der Waals surface area contributed by atoms with Crippen molar-refractivity contribution in [2.75, 3.05) is 26.3 Å². The lowest BCUT2D eigenvalue weighted by Crippen LogP contribution is -2.46. The number of carbonyl (C=O) groups is 1. The topological polar surface area (TPSA) is 67.6 Å². The first-order valence-electron chi connectivity index (χ1n) is 9.27. The van der Waals surface area contributed by atoms with E-state index < -0.39 is 0 Å². The van der Waals surface area contributed by atoms with Gasteiger partial charge in [0.25, 0.3) is 0 Å². The van der Waals surface area contributed by atoms with Crippen molar-refractivity contribution in [2.45, 2.75) is 57.6 Å². The van der Waals surface area contributed by atoms with Crippen LogP contribution in [0.2, 0.25) is 0 Å². The standard InChI is InChI=1S/C18H29N3O3/c1-2-17-15(4-3-13-24-17)18(23)20-9-6-14(7-10-20)16-5-8-19-21(16)11-12-22/h5,8,14-15,17,22H,2-4,6-7,9-13H2,1H3/t15-,17-/m1/s1. The van der Waals surface area contributed by atoms with E-state index in [4.69, 9.17) is 9.84 Å². The average molecular weight is 335 g/mol. The first-order valence-corrected chi connectivity index (χ1v) is 9.27. The van der Waals surface area contributed by atoms with Crippen molar-refractivity contribution in [3.63, 3.8) is 0 Å². The molecule has 2 atom stereocenters. The molecule has 3 heterocycles. The minimum absolute atomic E-state index is 0.0419. The summed E-state index contributed by atoms with van der Waals surface area (Å²) in [5, 5.41) is 13.4. The summed E-state index contributed by atoms with van der Waals surface area (Å²) in [4.78, 5) is 14.9. The summed E-state index contributed by atoms with van der Waals surface area (Å²) in [6, 6.07) is 2.04. The number of piperidine rings is 1. The van der Waals surface area contributed by atoms with Crippen LogP contribution in [0.25, 0.3) is 0 Å². The third-order valence-electron chi connectivity index (χ3n) is 5.45. The van der Waals surface area contributed by atoms with Gasteiger partial charge in [-0.3, -0.25) is 9.48 Å². The summed E-state index contributed by atoms with van der Waals surface area (Å²) in [6.45, 7) is 5.15. The van der Waals surface area contributed by atoms with E-state index in [0.717, 1.165) is 51.8 Å².